The Morgan fingerprint density at radius 1 is 1.27 bits per heavy atom. The number of methoxy groups -OCH3 is 1. The maximum absolute atomic E-state index is 5.34. The Labute approximate surface area is 152 Å². The smallest absolute Gasteiger partial charge is 0.137 e. The van der Waals surface area contributed by atoms with Crippen LogP contribution >= 0.6 is 0 Å². The summed E-state index contributed by atoms with van der Waals surface area (Å²) in [6.07, 6.45) is 7.58. The van der Waals surface area contributed by atoms with Crippen molar-refractivity contribution in [2.45, 2.75) is 25.3 Å². The van der Waals surface area contributed by atoms with Crippen molar-refractivity contribution < 1.29 is 4.74 Å². The van der Waals surface area contributed by atoms with Crippen LogP contribution in [0.25, 0.3) is 17.0 Å². The molecule has 1 aliphatic carbocycles. The third kappa shape index (κ3) is 2.61. The van der Waals surface area contributed by atoms with E-state index in [1.165, 1.54) is 32.4 Å². The van der Waals surface area contributed by atoms with Crippen molar-refractivity contribution in [3.8, 4) is 17.1 Å². The molecule has 2 fully saturated rings. The van der Waals surface area contributed by atoms with E-state index in [2.05, 4.69) is 27.8 Å². The number of ether oxygens (including phenoxy) is 1. The molecule has 26 heavy (non-hydrogen) atoms. The summed E-state index contributed by atoms with van der Waals surface area (Å²) in [7, 11) is 1.67. The summed E-state index contributed by atoms with van der Waals surface area (Å²) in [5, 5.41) is 7.06. The van der Waals surface area contributed by atoms with Gasteiger partial charge in [-0.15, -0.1) is 0 Å². The van der Waals surface area contributed by atoms with Crippen molar-refractivity contribution >= 4 is 11.5 Å². The first-order valence-corrected chi connectivity index (χ1v) is 9.21. The minimum atomic E-state index is 0.516. The van der Waals surface area contributed by atoms with Crippen LogP contribution in [0.15, 0.2) is 42.7 Å². The lowest BCUT2D eigenvalue weighted by molar-refractivity contribution is 0.176. The summed E-state index contributed by atoms with van der Waals surface area (Å²) < 4.78 is 7.37. The van der Waals surface area contributed by atoms with Gasteiger partial charge in [0.15, 0.2) is 0 Å². The van der Waals surface area contributed by atoms with Gasteiger partial charge in [0.25, 0.3) is 0 Å². The van der Waals surface area contributed by atoms with Gasteiger partial charge in [-0.2, -0.15) is 0 Å². The standard InChI is InChI=1S/C20H23N5O/c1-26-15-5-6-19-22-10-17(25(19)11-15)16-3-2-4-18(24-16)23-14-7-8-20(9-14)12-21-13-20/h2-6,10-11,14,21H,7-9,12-13H2,1H3,(H,23,24). The topological polar surface area (TPSA) is 63.5 Å². The molecule has 6 nitrogen and oxygen atoms in total. The molecule has 3 aromatic heterocycles. The van der Waals surface area contributed by atoms with Crippen molar-refractivity contribution in [2.24, 2.45) is 5.41 Å². The largest absolute Gasteiger partial charge is 0.495 e. The van der Waals surface area contributed by atoms with Crippen molar-refractivity contribution in [1.29, 1.82) is 0 Å². The van der Waals surface area contributed by atoms with Crippen LogP contribution in [0.2, 0.25) is 0 Å². The number of anilines is 1. The van der Waals surface area contributed by atoms with Gasteiger partial charge in [0.2, 0.25) is 0 Å². The molecule has 0 aromatic carbocycles. The highest BCUT2D eigenvalue weighted by Gasteiger charge is 2.43. The number of nitrogens with zero attached hydrogens (tertiary/aromatic N) is 3. The molecule has 3 aromatic rings. The highest BCUT2D eigenvalue weighted by Crippen LogP contribution is 2.42. The number of imidazole rings is 1. The Morgan fingerprint density at radius 3 is 2.96 bits per heavy atom. The molecule has 0 amide bonds. The monoisotopic (exact) mass is 349 g/mol. The van der Waals surface area contributed by atoms with Crippen LogP contribution in [0.1, 0.15) is 19.3 Å². The van der Waals surface area contributed by atoms with E-state index < -0.39 is 0 Å². The van der Waals surface area contributed by atoms with Gasteiger partial charge in [0.1, 0.15) is 17.2 Å². The minimum Gasteiger partial charge on any atom is -0.495 e. The quantitative estimate of drug-likeness (QED) is 0.758. The number of hydrogen-bond acceptors (Lipinski definition) is 5. The van der Waals surface area contributed by atoms with Gasteiger partial charge in [0, 0.05) is 19.1 Å². The predicted molar refractivity (Wildman–Crippen MR) is 102 cm³/mol. The Balaban J connectivity index is 1.41. The molecule has 0 radical (unpaired) electrons. The molecule has 2 N–H and O–H groups in total. The molecule has 2 aliphatic rings. The van der Waals surface area contributed by atoms with Crippen LogP contribution < -0.4 is 15.4 Å². The lowest BCUT2D eigenvalue weighted by atomic mass is 9.80. The zero-order valence-corrected chi connectivity index (χ0v) is 14.9. The van der Waals surface area contributed by atoms with E-state index in [1.54, 1.807) is 7.11 Å². The van der Waals surface area contributed by atoms with Gasteiger partial charge in [-0.25, -0.2) is 9.97 Å². The third-order valence-corrected chi connectivity index (χ3v) is 5.78. The van der Waals surface area contributed by atoms with Gasteiger partial charge in [0.05, 0.1) is 30.9 Å². The number of rotatable bonds is 4. The summed E-state index contributed by atoms with van der Waals surface area (Å²) in [5.41, 5.74) is 3.30. The Kier molecular flexibility index (Phi) is 3.60. The number of nitrogens with one attached hydrogen (secondary N) is 2. The van der Waals surface area contributed by atoms with E-state index in [0.29, 0.717) is 11.5 Å². The Bertz CT molecular complexity index is 946. The lowest BCUT2D eigenvalue weighted by Crippen LogP contribution is -2.52. The van der Waals surface area contributed by atoms with E-state index in [-0.39, 0.29) is 0 Å². The van der Waals surface area contributed by atoms with E-state index in [4.69, 9.17) is 9.72 Å². The van der Waals surface area contributed by atoms with Crippen molar-refractivity contribution in [3.05, 3.63) is 42.7 Å². The molecule has 1 aliphatic heterocycles. The first-order chi connectivity index (χ1) is 12.7. The fourth-order valence-electron chi connectivity index (χ4n) is 4.27. The predicted octanol–water partition coefficient (Wildman–Crippen LogP) is 2.96. The number of fused-ring (bicyclic) bond motifs is 1. The van der Waals surface area contributed by atoms with Crippen molar-refractivity contribution in [3.63, 3.8) is 0 Å². The van der Waals surface area contributed by atoms with Gasteiger partial charge in [-0.05, 0) is 48.9 Å². The highest BCUT2D eigenvalue weighted by atomic mass is 16.5. The Hall–Kier alpha value is -2.60. The maximum Gasteiger partial charge on any atom is 0.137 e. The minimum absolute atomic E-state index is 0.516. The zero-order valence-electron chi connectivity index (χ0n) is 14.9. The van der Waals surface area contributed by atoms with Crippen LogP contribution in [-0.4, -0.2) is 40.6 Å². The second-order valence-corrected chi connectivity index (χ2v) is 7.54. The summed E-state index contributed by atoms with van der Waals surface area (Å²) in [4.78, 5) is 9.33. The number of pyridine rings is 2. The van der Waals surface area contributed by atoms with Crippen molar-refractivity contribution in [1.82, 2.24) is 19.7 Å². The van der Waals surface area contributed by atoms with Gasteiger partial charge in [-0.3, -0.25) is 4.40 Å². The van der Waals surface area contributed by atoms with E-state index >= 15 is 0 Å². The molecule has 134 valence electrons. The van der Waals surface area contributed by atoms with Crippen LogP contribution in [0.5, 0.6) is 5.75 Å². The molecule has 6 heteroatoms. The number of hydrogen-bond donors (Lipinski definition) is 2. The van der Waals surface area contributed by atoms with E-state index in [0.717, 1.165) is 28.6 Å². The summed E-state index contributed by atoms with van der Waals surface area (Å²) in [5.74, 6) is 1.74. The average molecular weight is 349 g/mol. The molecule has 4 heterocycles. The SMILES string of the molecule is COc1ccc2ncc(-c3cccc(NC4CCC5(CNC5)C4)n3)n2c1. The van der Waals surface area contributed by atoms with Gasteiger partial charge in [-0.1, -0.05) is 6.07 Å². The Morgan fingerprint density at radius 2 is 2.19 bits per heavy atom. The molecule has 1 spiro atoms. The third-order valence-electron chi connectivity index (χ3n) is 5.78. The van der Waals surface area contributed by atoms with E-state index in [9.17, 15) is 0 Å². The summed E-state index contributed by atoms with van der Waals surface area (Å²) >= 11 is 0. The normalized spacial score (nSPS) is 21.0. The fourth-order valence-corrected chi connectivity index (χ4v) is 4.27. The fraction of sp³-hybridized carbons (Fsp3) is 0.400. The maximum atomic E-state index is 5.34. The van der Waals surface area contributed by atoms with Gasteiger partial charge < -0.3 is 15.4 Å². The molecule has 1 atom stereocenters. The van der Waals surface area contributed by atoms with Crippen LogP contribution in [0, 0.1) is 5.41 Å². The molecular formula is C20H23N5O. The van der Waals surface area contributed by atoms with Crippen LogP contribution in [0.4, 0.5) is 5.82 Å². The molecule has 5 rings (SSSR count). The molecule has 1 saturated carbocycles. The summed E-state index contributed by atoms with van der Waals surface area (Å²) in [6, 6.07) is 10.5. The zero-order chi connectivity index (χ0) is 17.6. The highest BCUT2D eigenvalue weighted by molar-refractivity contribution is 5.62. The molecule has 1 saturated heterocycles. The second-order valence-electron chi connectivity index (χ2n) is 7.54. The average Bonchev–Trinajstić information content (AvgIpc) is 3.25. The molecule has 0 bridgehead atoms. The first-order valence-electron chi connectivity index (χ1n) is 9.21. The number of aromatic nitrogens is 3. The lowest BCUT2D eigenvalue weighted by Gasteiger charge is -2.39. The van der Waals surface area contributed by atoms with Crippen LogP contribution in [0.3, 0.4) is 0 Å². The molecule has 1 unspecified atom stereocenters. The first kappa shape index (κ1) is 15.6. The second kappa shape index (κ2) is 5.99. The van der Waals surface area contributed by atoms with Crippen molar-refractivity contribution in [2.75, 3.05) is 25.5 Å². The summed E-state index contributed by atoms with van der Waals surface area (Å²) in [6.45, 7) is 2.34. The van der Waals surface area contributed by atoms with E-state index in [1.807, 2.05) is 35.0 Å². The van der Waals surface area contributed by atoms with Gasteiger partial charge >= 0.3 is 0 Å². The van der Waals surface area contributed by atoms with Crippen LogP contribution in [-0.2, 0) is 0 Å². The molecular weight excluding hydrogens is 326 g/mol.